The highest BCUT2D eigenvalue weighted by Crippen LogP contribution is 2.35. The van der Waals surface area contributed by atoms with E-state index in [0.29, 0.717) is 43.4 Å². The van der Waals surface area contributed by atoms with Gasteiger partial charge in [-0.05, 0) is 35.9 Å². The second-order valence-corrected chi connectivity index (χ2v) is 7.04. The number of rotatable bonds is 2. The van der Waals surface area contributed by atoms with Crippen molar-refractivity contribution in [1.82, 2.24) is 4.90 Å². The molecule has 2 aromatic carbocycles. The normalized spacial score (nSPS) is 17.6. The van der Waals surface area contributed by atoms with Gasteiger partial charge in [0.2, 0.25) is 5.78 Å². The van der Waals surface area contributed by atoms with Gasteiger partial charge in [-0.1, -0.05) is 28.1 Å². The van der Waals surface area contributed by atoms with E-state index in [9.17, 15) is 9.59 Å². The Labute approximate surface area is 164 Å². The van der Waals surface area contributed by atoms with Crippen LogP contribution in [-0.2, 0) is 4.74 Å². The molecule has 6 nitrogen and oxygen atoms in total. The maximum atomic E-state index is 12.5. The molecule has 0 aliphatic carbocycles. The van der Waals surface area contributed by atoms with E-state index in [1.54, 1.807) is 29.2 Å². The first-order valence-electron chi connectivity index (χ1n) is 8.48. The molecule has 7 heteroatoms. The highest BCUT2D eigenvalue weighted by atomic mass is 79.9. The van der Waals surface area contributed by atoms with Gasteiger partial charge in [-0.3, -0.25) is 4.79 Å². The number of amides is 1. The summed E-state index contributed by atoms with van der Waals surface area (Å²) in [5.41, 5.74) is 1.29. The molecule has 138 valence electrons. The van der Waals surface area contributed by atoms with E-state index in [0.717, 1.165) is 10.0 Å². The Morgan fingerprint density at radius 2 is 1.96 bits per heavy atom. The van der Waals surface area contributed by atoms with E-state index >= 15 is 0 Å². The number of allylic oxidation sites excluding steroid dienone is 1. The zero-order valence-electron chi connectivity index (χ0n) is 14.3. The van der Waals surface area contributed by atoms with Crippen LogP contribution in [0.25, 0.3) is 6.08 Å². The molecule has 1 fully saturated rings. The molecule has 0 saturated carbocycles. The van der Waals surface area contributed by atoms with Crippen molar-refractivity contribution in [3.8, 4) is 11.5 Å². The molecular formula is C20H16BrNO5. The maximum Gasteiger partial charge on any atom is 0.415 e. The topological polar surface area (TPSA) is 65.1 Å². The van der Waals surface area contributed by atoms with Crippen molar-refractivity contribution in [2.75, 3.05) is 26.3 Å². The number of hydrogen-bond acceptors (Lipinski definition) is 5. The van der Waals surface area contributed by atoms with Gasteiger partial charge in [-0.15, -0.1) is 0 Å². The van der Waals surface area contributed by atoms with Gasteiger partial charge in [0.1, 0.15) is 11.5 Å². The Kier molecular flexibility index (Phi) is 4.96. The first-order chi connectivity index (χ1) is 13.1. The van der Waals surface area contributed by atoms with E-state index in [-0.39, 0.29) is 11.5 Å². The molecule has 0 atom stereocenters. The molecule has 0 N–H and O–H groups in total. The summed E-state index contributed by atoms with van der Waals surface area (Å²) in [5.74, 6) is 0.756. The van der Waals surface area contributed by atoms with Gasteiger partial charge in [-0.2, -0.15) is 0 Å². The largest absolute Gasteiger partial charge is 0.452 e. The Balaban J connectivity index is 1.51. The van der Waals surface area contributed by atoms with Gasteiger partial charge >= 0.3 is 6.09 Å². The molecule has 0 bridgehead atoms. The predicted octanol–water partition coefficient (Wildman–Crippen LogP) is 3.90. The minimum atomic E-state index is -0.438. The van der Waals surface area contributed by atoms with Gasteiger partial charge in [0.05, 0.1) is 18.8 Å². The van der Waals surface area contributed by atoms with E-state index < -0.39 is 6.09 Å². The maximum absolute atomic E-state index is 12.5. The molecule has 2 aromatic rings. The number of halogens is 1. The molecule has 1 amide bonds. The van der Waals surface area contributed by atoms with E-state index in [1.165, 1.54) is 0 Å². The number of nitrogens with zero attached hydrogens (tertiary/aromatic N) is 1. The van der Waals surface area contributed by atoms with Crippen LogP contribution < -0.4 is 9.47 Å². The SMILES string of the molecule is O=C1/C(=C/c2cccc(Br)c2)Oc2cc(OC(=O)N3CCOCC3)ccc21. The predicted molar refractivity (Wildman–Crippen MR) is 102 cm³/mol. The first kappa shape index (κ1) is 17.8. The lowest BCUT2D eigenvalue weighted by Crippen LogP contribution is -2.42. The number of carbonyl (C=O) groups is 2. The standard InChI is InChI=1S/C20H16BrNO5/c21-14-3-1-2-13(10-14)11-18-19(23)16-5-4-15(12-17(16)27-18)26-20(24)22-6-8-25-9-7-22/h1-5,10-12H,6-9H2/b18-11-. The van der Waals surface area contributed by atoms with Gasteiger partial charge in [0, 0.05) is 23.6 Å². The Hall–Kier alpha value is -2.64. The molecule has 0 unspecified atom stereocenters. The average molecular weight is 430 g/mol. The van der Waals surface area contributed by atoms with Crippen LogP contribution in [0.5, 0.6) is 11.5 Å². The fraction of sp³-hybridized carbons (Fsp3) is 0.200. The first-order valence-corrected chi connectivity index (χ1v) is 9.28. The summed E-state index contributed by atoms with van der Waals surface area (Å²) in [4.78, 5) is 26.3. The van der Waals surface area contributed by atoms with Gasteiger partial charge < -0.3 is 19.1 Å². The van der Waals surface area contributed by atoms with E-state index in [2.05, 4.69) is 15.9 Å². The van der Waals surface area contributed by atoms with Crippen molar-refractivity contribution in [2.24, 2.45) is 0 Å². The number of ketones is 1. The highest BCUT2D eigenvalue weighted by molar-refractivity contribution is 9.10. The third-order valence-corrected chi connectivity index (χ3v) is 4.76. The summed E-state index contributed by atoms with van der Waals surface area (Å²) in [6.07, 6.45) is 1.25. The van der Waals surface area contributed by atoms with Crippen LogP contribution >= 0.6 is 15.9 Å². The fourth-order valence-corrected chi connectivity index (χ4v) is 3.31. The number of carbonyl (C=O) groups excluding carboxylic acids is 2. The van der Waals surface area contributed by atoms with Crippen LogP contribution in [0.15, 0.2) is 52.7 Å². The van der Waals surface area contributed by atoms with Crippen LogP contribution in [0.1, 0.15) is 15.9 Å². The zero-order chi connectivity index (χ0) is 18.8. The van der Waals surface area contributed by atoms with Crippen molar-refractivity contribution < 1.29 is 23.8 Å². The molecule has 27 heavy (non-hydrogen) atoms. The lowest BCUT2D eigenvalue weighted by molar-refractivity contribution is 0.0416. The van der Waals surface area contributed by atoms with Gasteiger partial charge in [-0.25, -0.2) is 4.79 Å². The summed E-state index contributed by atoms with van der Waals surface area (Å²) in [5, 5.41) is 0. The Morgan fingerprint density at radius 3 is 2.74 bits per heavy atom. The summed E-state index contributed by atoms with van der Waals surface area (Å²) < 4.78 is 17.2. The van der Waals surface area contributed by atoms with Crippen LogP contribution in [0, 0.1) is 0 Å². The average Bonchev–Trinajstić information content (AvgIpc) is 2.97. The van der Waals surface area contributed by atoms with Crippen molar-refractivity contribution >= 4 is 33.9 Å². The smallest absolute Gasteiger partial charge is 0.415 e. The molecule has 2 heterocycles. The lowest BCUT2D eigenvalue weighted by atomic mass is 10.1. The monoisotopic (exact) mass is 429 g/mol. The third kappa shape index (κ3) is 3.89. The van der Waals surface area contributed by atoms with E-state index in [1.807, 2.05) is 24.3 Å². The summed E-state index contributed by atoms with van der Waals surface area (Å²) in [6, 6.07) is 12.3. The summed E-state index contributed by atoms with van der Waals surface area (Å²) in [6.45, 7) is 2.00. The number of Topliss-reactive ketones (excluding diaryl/α,β-unsaturated/α-hetero) is 1. The number of hydrogen-bond donors (Lipinski definition) is 0. The zero-order valence-corrected chi connectivity index (χ0v) is 15.9. The molecule has 0 aromatic heterocycles. The minimum Gasteiger partial charge on any atom is -0.452 e. The van der Waals surface area contributed by atoms with Gasteiger partial charge in [0.25, 0.3) is 0 Å². The van der Waals surface area contributed by atoms with Gasteiger partial charge in [0.15, 0.2) is 5.76 Å². The molecular weight excluding hydrogens is 414 g/mol. The molecule has 0 spiro atoms. The number of fused-ring (bicyclic) bond motifs is 1. The third-order valence-electron chi connectivity index (χ3n) is 4.26. The molecule has 1 saturated heterocycles. The minimum absolute atomic E-state index is 0.198. The second kappa shape index (κ2) is 7.54. The lowest BCUT2D eigenvalue weighted by Gasteiger charge is -2.25. The Bertz CT molecular complexity index is 934. The second-order valence-electron chi connectivity index (χ2n) is 6.12. The van der Waals surface area contributed by atoms with Crippen molar-refractivity contribution in [1.29, 1.82) is 0 Å². The highest BCUT2D eigenvalue weighted by Gasteiger charge is 2.28. The van der Waals surface area contributed by atoms with Crippen molar-refractivity contribution in [3.63, 3.8) is 0 Å². The number of ether oxygens (including phenoxy) is 3. The fourth-order valence-electron chi connectivity index (χ4n) is 2.89. The molecule has 4 rings (SSSR count). The summed E-state index contributed by atoms with van der Waals surface area (Å²) >= 11 is 3.40. The summed E-state index contributed by atoms with van der Waals surface area (Å²) in [7, 11) is 0. The van der Waals surface area contributed by atoms with Crippen LogP contribution in [0.3, 0.4) is 0 Å². The van der Waals surface area contributed by atoms with Crippen LogP contribution in [-0.4, -0.2) is 43.1 Å². The van der Waals surface area contributed by atoms with Crippen LogP contribution in [0.2, 0.25) is 0 Å². The molecule has 2 aliphatic rings. The molecule has 0 radical (unpaired) electrons. The number of benzene rings is 2. The van der Waals surface area contributed by atoms with Crippen molar-refractivity contribution in [2.45, 2.75) is 0 Å². The number of morpholine rings is 1. The quantitative estimate of drug-likeness (QED) is 0.677. The van der Waals surface area contributed by atoms with Crippen molar-refractivity contribution in [3.05, 3.63) is 63.8 Å². The Morgan fingerprint density at radius 1 is 1.15 bits per heavy atom. The molecule has 2 aliphatic heterocycles. The van der Waals surface area contributed by atoms with E-state index in [4.69, 9.17) is 14.2 Å². The van der Waals surface area contributed by atoms with Crippen LogP contribution in [0.4, 0.5) is 4.79 Å².